The number of aryl methyl sites for hydroxylation is 2. The van der Waals surface area contributed by atoms with Crippen LogP contribution in [0.2, 0.25) is 0 Å². The van der Waals surface area contributed by atoms with Crippen LogP contribution in [0.25, 0.3) is 11.0 Å². The van der Waals surface area contributed by atoms with Gasteiger partial charge >= 0.3 is 5.63 Å². The summed E-state index contributed by atoms with van der Waals surface area (Å²) in [5, 5.41) is 9.58. The third-order valence-corrected chi connectivity index (χ3v) is 5.83. The number of thioether (sulfide) groups is 1. The van der Waals surface area contributed by atoms with Gasteiger partial charge in [0.1, 0.15) is 11.4 Å². The normalized spacial score (nSPS) is 11.3. The van der Waals surface area contributed by atoms with Crippen LogP contribution in [0.3, 0.4) is 0 Å². The van der Waals surface area contributed by atoms with Crippen LogP contribution in [-0.4, -0.2) is 14.9 Å². The van der Waals surface area contributed by atoms with Gasteiger partial charge in [-0.2, -0.15) is 0 Å². The molecule has 6 nitrogen and oxygen atoms in total. The maximum Gasteiger partial charge on any atom is 0.336 e. The summed E-state index contributed by atoms with van der Waals surface area (Å²) in [4.78, 5) is 11.9. The van der Waals surface area contributed by atoms with Gasteiger partial charge in [-0.15, -0.1) is 10.2 Å². The highest BCUT2D eigenvalue weighted by molar-refractivity contribution is 7.98. The van der Waals surface area contributed by atoms with Crippen LogP contribution < -0.4 is 11.5 Å². The molecular formula is C21H19FN4O2S. The molecule has 0 saturated heterocycles. The SMILES string of the molecule is Cc1cc2oc(=O)cc(CSc3nnc(Cc4ccccc4F)n3N)c2cc1C. The summed E-state index contributed by atoms with van der Waals surface area (Å²) in [5.74, 6) is 6.74. The summed E-state index contributed by atoms with van der Waals surface area (Å²) in [6.45, 7) is 3.99. The van der Waals surface area contributed by atoms with E-state index < -0.39 is 5.63 Å². The molecule has 0 radical (unpaired) electrons. The van der Waals surface area contributed by atoms with Gasteiger partial charge in [-0.25, -0.2) is 13.9 Å². The Bertz CT molecular complexity index is 1270. The largest absolute Gasteiger partial charge is 0.423 e. The van der Waals surface area contributed by atoms with Crippen molar-refractivity contribution < 1.29 is 8.81 Å². The van der Waals surface area contributed by atoms with Crippen LogP contribution in [0, 0.1) is 19.7 Å². The van der Waals surface area contributed by atoms with E-state index in [0.717, 1.165) is 22.1 Å². The van der Waals surface area contributed by atoms with Crippen molar-refractivity contribution in [1.82, 2.24) is 14.9 Å². The summed E-state index contributed by atoms with van der Waals surface area (Å²) in [5.41, 5.74) is 3.68. The molecule has 0 fully saturated rings. The number of rotatable bonds is 5. The predicted molar refractivity (Wildman–Crippen MR) is 111 cm³/mol. The molecule has 0 aliphatic rings. The van der Waals surface area contributed by atoms with E-state index in [1.165, 1.54) is 28.6 Å². The number of hydrogen-bond acceptors (Lipinski definition) is 6. The molecule has 2 heterocycles. The number of halogens is 1. The van der Waals surface area contributed by atoms with Gasteiger partial charge in [-0.3, -0.25) is 0 Å². The first kappa shape index (κ1) is 19.2. The van der Waals surface area contributed by atoms with Gasteiger partial charge in [0.05, 0.1) is 0 Å². The summed E-state index contributed by atoms with van der Waals surface area (Å²) >= 11 is 1.36. The fourth-order valence-electron chi connectivity index (χ4n) is 3.08. The Balaban J connectivity index is 1.59. The zero-order chi connectivity index (χ0) is 20.5. The zero-order valence-electron chi connectivity index (χ0n) is 16.0. The third-order valence-electron chi connectivity index (χ3n) is 4.84. The molecule has 0 bridgehead atoms. The maximum atomic E-state index is 13.9. The smallest absolute Gasteiger partial charge is 0.336 e. The molecule has 29 heavy (non-hydrogen) atoms. The number of nitrogen functional groups attached to an aromatic ring is 1. The molecule has 4 rings (SSSR count). The van der Waals surface area contributed by atoms with E-state index in [0.29, 0.717) is 27.9 Å². The predicted octanol–water partition coefficient (Wildman–Crippen LogP) is 3.74. The first-order valence-corrected chi connectivity index (χ1v) is 10.0. The lowest BCUT2D eigenvalue weighted by Gasteiger charge is -2.08. The second-order valence-electron chi connectivity index (χ2n) is 6.85. The van der Waals surface area contributed by atoms with Gasteiger partial charge in [0.25, 0.3) is 0 Å². The fraction of sp³-hybridized carbons (Fsp3) is 0.190. The van der Waals surface area contributed by atoms with Gasteiger partial charge in [0, 0.05) is 23.6 Å². The number of hydrogen-bond donors (Lipinski definition) is 1. The monoisotopic (exact) mass is 410 g/mol. The van der Waals surface area contributed by atoms with Crippen LogP contribution in [0.1, 0.15) is 28.1 Å². The van der Waals surface area contributed by atoms with Crippen LogP contribution in [0.15, 0.2) is 56.8 Å². The van der Waals surface area contributed by atoms with Crippen LogP contribution in [0.5, 0.6) is 0 Å². The minimum atomic E-state index is -0.397. The van der Waals surface area contributed by atoms with Gasteiger partial charge in [0.2, 0.25) is 5.16 Å². The lowest BCUT2D eigenvalue weighted by atomic mass is 10.0. The topological polar surface area (TPSA) is 86.9 Å². The average Bonchev–Trinajstić information content (AvgIpc) is 3.03. The van der Waals surface area contributed by atoms with E-state index in [2.05, 4.69) is 10.2 Å². The Morgan fingerprint density at radius 1 is 1.10 bits per heavy atom. The second kappa shape index (κ2) is 7.71. The highest BCUT2D eigenvalue weighted by atomic mass is 32.2. The molecule has 0 amide bonds. The first-order valence-electron chi connectivity index (χ1n) is 9.02. The standard InChI is InChI=1S/C21H19FN4O2S/c1-12-7-16-15(10-20(27)28-18(16)8-13(12)2)11-29-21-25-24-19(26(21)23)9-14-5-3-4-6-17(14)22/h3-8,10H,9,11,23H2,1-2H3. The van der Waals surface area contributed by atoms with Gasteiger partial charge in [0.15, 0.2) is 5.82 Å². The first-order chi connectivity index (χ1) is 13.9. The van der Waals surface area contributed by atoms with E-state index in [1.54, 1.807) is 18.2 Å². The van der Waals surface area contributed by atoms with E-state index in [1.807, 2.05) is 26.0 Å². The molecule has 0 atom stereocenters. The minimum Gasteiger partial charge on any atom is -0.423 e. The van der Waals surface area contributed by atoms with Gasteiger partial charge < -0.3 is 10.3 Å². The average molecular weight is 410 g/mol. The van der Waals surface area contributed by atoms with Crippen LogP contribution in [0.4, 0.5) is 4.39 Å². The lowest BCUT2D eigenvalue weighted by Crippen LogP contribution is -2.14. The number of benzene rings is 2. The molecule has 0 saturated carbocycles. The molecule has 4 aromatic rings. The fourth-order valence-corrected chi connectivity index (χ4v) is 3.95. The van der Waals surface area contributed by atoms with Crippen LogP contribution in [-0.2, 0) is 12.2 Å². The Hall–Kier alpha value is -3.13. The van der Waals surface area contributed by atoms with E-state index in [-0.39, 0.29) is 12.2 Å². The Morgan fingerprint density at radius 3 is 2.66 bits per heavy atom. The molecule has 2 aromatic carbocycles. The van der Waals surface area contributed by atoms with Crippen molar-refractivity contribution in [3.63, 3.8) is 0 Å². The zero-order valence-corrected chi connectivity index (χ0v) is 16.8. The molecule has 0 spiro atoms. The molecule has 2 N–H and O–H groups in total. The molecule has 0 aliphatic carbocycles. The Morgan fingerprint density at radius 2 is 1.86 bits per heavy atom. The quantitative estimate of drug-likeness (QED) is 0.306. The van der Waals surface area contributed by atoms with Gasteiger partial charge in [-0.05, 0) is 54.3 Å². The highest BCUT2D eigenvalue weighted by Crippen LogP contribution is 2.27. The number of nitrogens with zero attached hydrogens (tertiary/aromatic N) is 3. The van der Waals surface area contributed by atoms with Crippen molar-refractivity contribution in [3.05, 3.63) is 86.8 Å². The van der Waals surface area contributed by atoms with Crippen molar-refractivity contribution in [2.75, 3.05) is 5.84 Å². The van der Waals surface area contributed by atoms with E-state index in [9.17, 15) is 9.18 Å². The molecule has 148 valence electrons. The summed E-state index contributed by atoms with van der Waals surface area (Å²) in [7, 11) is 0. The number of fused-ring (bicyclic) bond motifs is 1. The van der Waals surface area contributed by atoms with Crippen molar-refractivity contribution in [3.8, 4) is 0 Å². The molecular weight excluding hydrogens is 391 g/mol. The molecule has 0 aliphatic heterocycles. The highest BCUT2D eigenvalue weighted by Gasteiger charge is 2.14. The molecule has 8 heteroatoms. The summed E-state index contributed by atoms with van der Waals surface area (Å²) in [6.07, 6.45) is 0.243. The number of aromatic nitrogens is 3. The Kier molecular flexibility index (Phi) is 5.10. The van der Waals surface area contributed by atoms with Crippen molar-refractivity contribution in [2.24, 2.45) is 0 Å². The van der Waals surface area contributed by atoms with E-state index >= 15 is 0 Å². The van der Waals surface area contributed by atoms with E-state index in [4.69, 9.17) is 10.3 Å². The van der Waals surface area contributed by atoms with Gasteiger partial charge in [-0.1, -0.05) is 30.0 Å². The maximum absolute atomic E-state index is 13.9. The van der Waals surface area contributed by atoms with Crippen molar-refractivity contribution in [1.29, 1.82) is 0 Å². The molecule has 0 unspecified atom stereocenters. The van der Waals surface area contributed by atoms with Crippen molar-refractivity contribution in [2.45, 2.75) is 31.2 Å². The number of nitrogens with two attached hydrogens (primary N) is 1. The minimum absolute atomic E-state index is 0.243. The van der Waals surface area contributed by atoms with Crippen molar-refractivity contribution >= 4 is 22.7 Å². The summed E-state index contributed by atoms with van der Waals surface area (Å²) < 4.78 is 20.6. The van der Waals surface area contributed by atoms with Crippen LogP contribution >= 0.6 is 11.8 Å². The Labute approximate surface area is 170 Å². The third kappa shape index (κ3) is 3.88. The summed E-state index contributed by atoms with van der Waals surface area (Å²) in [6, 6.07) is 11.9. The molecule has 2 aromatic heterocycles. The second-order valence-corrected chi connectivity index (χ2v) is 7.79. The lowest BCUT2D eigenvalue weighted by molar-refractivity contribution is 0.559.